The smallest absolute Gasteiger partial charge is 0.121 e. The highest BCUT2D eigenvalue weighted by Gasteiger charge is 2.05. The molecule has 2 rings (SSSR count). The number of aryl methyl sites for hydroxylation is 1. The van der Waals surface area contributed by atoms with E-state index in [0.717, 1.165) is 23.7 Å². The highest BCUT2D eigenvalue weighted by molar-refractivity contribution is 5.48. The molecule has 124 valence electrons. The molecule has 0 aliphatic rings. The van der Waals surface area contributed by atoms with Gasteiger partial charge in [-0.05, 0) is 43.7 Å². The first-order valence-corrected chi connectivity index (χ1v) is 7.86. The van der Waals surface area contributed by atoms with Gasteiger partial charge in [-0.25, -0.2) is 0 Å². The molecule has 0 radical (unpaired) electrons. The maximum atomic E-state index is 5.92. The Balaban J connectivity index is 1.81. The Bertz CT molecular complexity index is 601. The van der Waals surface area contributed by atoms with Gasteiger partial charge in [0.15, 0.2) is 0 Å². The van der Waals surface area contributed by atoms with E-state index in [0.29, 0.717) is 13.2 Å². The van der Waals surface area contributed by atoms with Crippen molar-refractivity contribution in [1.82, 2.24) is 0 Å². The van der Waals surface area contributed by atoms with E-state index in [1.54, 1.807) is 7.11 Å². The first kappa shape index (κ1) is 17.2. The molecule has 0 aromatic heterocycles. The first-order valence-electron chi connectivity index (χ1n) is 7.86. The fourth-order valence-electron chi connectivity index (χ4n) is 2.16. The van der Waals surface area contributed by atoms with E-state index in [2.05, 4.69) is 18.3 Å². The predicted molar refractivity (Wildman–Crippen MR) is 93.6 cm³/mol. The Morgan fingerprint density at radius 2 is 1.78 bits per heavy atom. The van der Waals surface area contributed by atoms with Crippen molar-refractivity contribution in [2.75, 3.05) is 32.2 Å². The summed E-state index contributed by atoms with van der Waals surface area (Å²) in [6.07, 6.45) is 0.0647. The summed E-state index contributed by atoms with van der Waals surface area (Å²) >= 11 is 0. The summed E-state index contributed by atoms with van der Waals surface area (Å²) in [4.78, 5) is 0. The molecule has 0 spiro atoms. The van der Waals surface area contributed by atoms with Crippen LogP contribution in [-0.2, 0) is 4.74 Å². The van der Waals surface area contributed by atoms with Gasteiger partial charge in [0, 0.05) is 18.9 Å². The molecule has 0 amide bonds. The molecule has 0 heterocycles. The predicted octanol–water partition coefficient (Wildman–Crippen LogP) is 3.90. The fraction of sp³-hybridized carbons (Fsp3) is 0.368. The molecule has 4 nitrogen and oxygen atoms in total. The number of hydrogen-bond acceptors (Lipinski definition) is 4. The second-order valence-corrected chi connectivity index (χ2v) is 5.49. The van der Waals surface area contributed by atoms with Gasteiger partial charge in [0.05, 0.1) is 13.2 Å². The molecule has 0 saturated heterocycles. The second-order valence-electron chi connectivity index (χ2n) is 5.49. The Morgan fingerprint density at radius 1 is 1.00 bits per heavy atom. The third kappa shape index (κ3) is 6.20. The van der Waals surface area contributed by atoms with Crippen molar-refractivity contribution in [3.8, 4) is 11.5 Å². The Hall–Kier alpha value is -2.20. The van der Waals surface area contributed by atoms with E-state index < -0.39 is 0 Å². The molecule has 0 bridgehead atoms. The Labute approximate surface area is 138 Å². The third-order valence-corrected chi connectivity index (χ3v) is 3.31. The molecule has 1 N–H and O–H groups in total. The highest BCUT2D eigenvalue weighted by atomic mass is 16.5. The summed E-state index contributed by atoms with van der Waals surface area (Å²) in [6, 6.07) is 16.0. The fourth-order valence-corrected chi connectivity index (χ4v) is 2.16. The van der Waals surface area contributed by atoms with Gasteiger partial charge in [0.25, 0.3) is 0 Å². The lowest BCUT2D eigenvalue weighted by Gasteiger charge is -2.17. The van der Waals surface area contributed by atoms with Gasteiger partial charge in [-0.2, -0.15) is 0 Å². The number of ether oxygens (including phenoxy) is 3. The van der Waals surface area contributed by atoms with E-state index in [1.165, 1.54) is 5.56 Å². The van der Waals surface area contributed by atoms with Crippen molar-refractivity contribution in [1.29, 1.82) is 0 Å². The molecule has 2 aromatic rings. The van der Waals surface area contributed by atoms with Crippen LogP contribution in [0.25, 0.3) is 0 Å². The van der Waals surface area contributed by atoms with Crippen LogP contribution in [-0.4, -0.2) is 33.0 Å². The number of benzene rings is 2. The van der Waals surface area contributed by atoms with E-state index in [9.17, 15) is 0 Å². The summed E-state index contributed by atoms with van der Waals surface area (Å²) in [7, 11) is 1.66. The monoisotopic (exact) mass is 315 g/mol. The van der Waals surface area contributed by atoms with Crippen LogP contribution >= 0.6 is 0 Å². The summed E-state index contributed by atoms with van der Waals surface area (Å²) in [5.74, 6) is 1.73. The minimum atomic E-state index is 0.0647. The minimum absolute atomic E-state index is 0.0647. The number of methoxy groups -OCH3 is 1. The van der Waals surface area contributed by atoms with Crippen LogP contribution in [0.15, 0.2) is 48.5 Å². The molecule has 0 aliphatic carbocycles. The van der Waals surface area contributed by atoms with Crippen molar-refractivity contribution in [2.45, 2.75) is 20.0 Å². The molecular formula is C19H25NO3. The van der Waals surface area contributed by atoms with Crippen LogP contribution < -0.4 is 14.8 Å². The van der Waals surface area contributed by atoms with Crippen molar-refractivity contribution in [3.05, 3.63) is 54.1 Å². The van der Waals surface area contributed by atoms with Gasteiger partial charge in [-0.1, -0.05) is 18.2 Å². The van der Waals surface area contributed by atoms with Gasteiger partial charge < -0.3 is 19.5 Å². The molecule has 0 saturated carbocycles. The first-order chi connectivity index (χ1) is 11.2. The lowest BCUT2D eigenvalue weighted by molar-refractivity contribution is 0.146. The zero-order valence-corrected chi connectivity index (χ0v) is 14.0. The summed E-state index contributed by atoms with van der Waals surface area (Å²) < 4.78 is 16.5. The van der Waals surface area contributed by atoms with Gasteiger partial charge in [0.1, 0.15) is 24.2 Å². The van der Waals surface area contributed by atoms with Gasteiger partial charge in [-0.3, -0.25) is 0 Å². The average Bonchev–Trinajstić information content (AvgIpc) is 2.54. The average molecular weight is 315 g/mol. The van der Waals surface area contributed by atoms with Crippen LogP contribution in [0, 0.1) is 6.92 Å². The maximum Gasteiger partial charge on any atom is 0.121 e. The van der Waals surface area contributed by atoms with E-state index in [-0.39, 0.29) is 6.10 Å². The van der Waals surface area contributed by atoms with Gasteiger partial charge >= 0.3 is 0 Å². The molecule has 1 unspecified atom stereocenters. The highest BCUT2D eigenvalue weighted by Crippen LogP contribution is 2.18. The topological polar surface area (TPSA) is 39.7 Å². The minimum Gasteiger partial charge on any atom is -0.491 e. The number of anilines is 1. The largest absolute Gasteiger partial charge is 0.491 e. The molecule has 1 atom stereocenters. The van der Waals surface area contributed by atoms with Crippen LogP contribution in [0.5, 0.6) is 11.5 Å². The summed E-state index contributed by atoms with van der Waals surface area (Å²) in [5, 5.41) is 3.37. The Morgan fingerprint density at radius 3 is 2.57 bits per heavy atom. The summed E-state index contributed by atoms with van der Waals surface area (Å²) in [6.45, 7) is 5.96. The van der Waals surface area contributed by atoms with E-state index >= 15 is 0 Å². The molecule has 2 aromatic carbocycles. The lowest BCUT2D eigenvalue weighted by atomic mass is 10.2. The molecule has 4 heteroatoms. The van der Waals surface area contributed by atoms with Crippen molar-refractivity contribution in [2.24, 2.45) is 0 Å². The standard InChI is InChI=1S/C19H25NO3/c1-15-6-4-9-19(12-15)23-16(2)14-20-17-7-5-8-18(13-17)22-11-10-21-3/h4-9,12-13,16,20H,10-11,14H2,1-3H3. The quantitative estimate of drug-likeness (QED) is 0.712. The molecular weight excluding hydrogens is 290 g/mol. The van der Waals surface area contributed by atoms with Gasteiger partial charge in [0.2, 0.25) is 0 Å². The van der Waals surface area contributed by atoms with Crippen LogP contribution in [0.2, 0.25) is 0 Å². The van der Waals surface area contributed by atoms with Gasteiger partial charge in [-0.15, -0.1) is 0 Å². The van der Waals surface area contributed by atoms with Crippen molar-refractivity contribution in [3.63, 3.8) is 0 Å². The lowest BCUT2D eigenvalue weighted by Crippen LogP contribution is -2.22. The maximum absolute atomic E-state index is 5.92. The van der Waals surface area contributed by atoms with Crippen LogP contribution in [0.3, 0.4) is 0 Å². The normalized spacial score (nSPS) is 11.8. The number of hydrogen-bond donors (Lipinski definition) is 1. The Kier molecular flexibility index (Phi) is 6.76. The number of nitrogens with one attached hydrogen (secondary N) is 1. The molecule has 0 aliphatic heterocycles. The third-order valence-electron chi connectivity index (χ3n) is 3.31. The summed E-state index contributed by atoms with van der Waals surface area (Å²) in [5.41, 5.74) is 2.21. The SMILES string of the molecule is COCCOc1cccc(NCC(C)Oc2cccc(C)c2)c1. The zero-order valence-electron chi connectivity index (χ0n) is 14.0. The van der Waals surface area contributed by atoms with Crippen molar-refractivity contribution >= 4 is 5.69 Å². The molecule has 23 heavy (non-hydrogen) atoms. The number of rotatable bonds is 9. The van der Waals surface area contributed by atoms with Crippen molar-refractivity contribution < 1.29 is 14.2 Å². The zero-order chi connectivity index (χ0) is 16.5. The van der Waals surface area contributed by atoms with Crippen LogP contribution in [0.1, 0.15) is 12.5 Å². The van der Waals surface area contributed by atoms with E-state index in [4.69, 9.17) is 14.2 Å². The van der Waals surface area contributed by atoms with Crippen LogP contribution in [0.4, 0.5) is 5.69 Å². The van der Waals surface area contributed by atoms with E-state index in [1.807, 2.05) is 49.4 Å². The second kappa shape index (κ2) is 9.06. The molecule has 0 fully saturated rings.